The highest BCUT2D eigenvalue weighted by molar-refractivity contribution is 7.20. The molecule has 0 radical (unpaired) electrons. The Bertz CT molecular complexity index is 1730. The maximum atomic E-state index is 13.8. The number of hydrogen-bond acceptors (Lipinski definition) is 4. The first kappa shape index (κ1) is 21.9. The summed E-state index contributed by atoms with van der Waals surface area (Å²) in [6, 6.07) is 35.9. The number of para-hydroxylation sites is 2. The van der Waals surface area contributed by atoms with E-state index < -0.39 is 0 Å². The van der Waals surface area contributed by atoms with Gasteiger partial charge in [-0.2, -0.15) is 4.68 Å². The molecule has 0 unspecified atom stereocenters. The van der Waals surface area contributed by atoms with Gasteiger partial charge < -0.3 is 0 Å². The number of nitrogens with zero attached hydrogens (tertiary/aromatic N) is 3. The lowest BCUT2D eigenvalue weighted by Gasteiger charge is -2.07. The maximum absolute atomic E-state index is 13.8. The third-order valence-electron chi connectivity index (χ3n) is 6.07. The van der Waals surface area contributed by atoms with Crippen LogP contribution in [0.2, 0.25) is 0 Å². The molecule has 174 valence electrons. The van der Waals surface area contributed by atoms with Crippen molar-refractivity contribution in [3.8, 4) is 27.5 Å². The fourth-order valence-corrected chi connectivity index (χ4v) is 5.27. The Morgan fingerprint density at radius 3 is 2.19 bits per heavy atom. The van der Waals surface area contributed by atoms with E-state index >= 15 is 0 Å². The van der Waals surface area contributed by atoms with Crippen LogP contribution in [0, 0.1) is 0 Å². The van der Waals surface area contributed by atoms with Crippen molar-refractivity contribution in [2.45, 2.75) is 6.92 Å². The number of aromatic nitrogens is 3. The molecule has 0 saturated carbocycles. The van der Waals surface area contributed by atoms with E-state index in [1.807, 2.05) is 97.9 Å². The van der Waals surface area contributed by atoms with Crippen molar-refractivity contribution >= 4 is 33.0 Å². The van der Waals surface area contributed by atoms with Gasteiger partial charge in [0.25, 0.3) is 5.56 Å². The van der Waals surface area contributed by atoms with Gasteiger partial charge in [0.15, 0.2) is 0 Å². The van der Waals surface area contributed by atoms with Crippen molar-refractivity contribution in [1.29, 1.82) is 0 Å². The number of thiazole rings is 1. The summed E-state index contributed by atoms with van der Waals surface area (Å²) in [6.07, 6.45) is 0. The van der Waals surface area contributed by atoms with Crippen molar-refractivity contribution in [1.82, 2.24) is 14.8 Å². The zero-order valence-corrected chi connectivity index (χ0v) is 20.4. The number of benzene rings is 4. The summed E-state index contributed by atoms with van der Waals surface area (Å²) in [5.74, 6) is 0. The molecule has 0 bridgehead atoms. The molecular formula is C30H22N4OS. The fourth-order valence-electron chi connectivity index (χ4n) is 4.35. The van der Waals surface area contributed by atoms with Gasteiger partial charge in [0.2, 0.25) is 5.13 Å². The van der Waals surface area contributed by atoms with Crippen molar-refractivity contribution in [2.75, 3.05) is 0 Å². The smallest absolute Gasteiger partial charge is 0.283 e. The molecule has 0 amide bonds. The molecule has 0 fully saturated rings. The number of fused-ring (bicyclic) bond motifs is 1. The molecule has 0 aliphatic rings. The van der Waals surface area contributed by atoms with E-state index in [-0.39, 0.29) is 5.56 Å². The highest BCUT2D eigenvalue weighted by Gasteiger charge is 2.21. The van der Waals surface area contributed by atoms with E-state index in [0.717, 1.165) is 38.3 Å². The first-order valence-corrected chi connectivity index (χ1v) is 12.5. The van der Waals surface area contributed by atoms with Crippen LogP contribution in [0.5, 0.6) is 0 Å². The molecule has 6 heteroatoms. The molecule has 0 atom stereocenters. The van der Waals surface area contributed by atoms with Gasteiger partial charge in [-0.25, -0.2) is 4.98 Å². The lowest BCUT2D eigenvalue weighted by Crippen LogP contribution is -2.19. The van der Waals surface area contributed by atoms with Gasteiger partial charge in [-0.1, -0.05) is 102 Å². The highest BCUT2D eigenvalue weighted by Crippen LogP contribution is 2.31. The summed E-state index contributed by atoms with van der Waals surface area (Å²) in [6.45, 7) is 1.89. The molecule has 2 aromatic heterocycles. The average Bonchev–Trinajstić information content (AvgIpc) is 3.51. The molecule has 1 N–H and O–H groups in total. The second-order valence-corrected chi connectivity index (χ2v) is 9.42. The summed E-state index contributed by atoms with van der Waals surface area (Å²) < 4.78 is 2.56. The number of hydrogen-bond donors (Lipinski definition) is 1. The fraction of sp³-hybridized carbons (Fsp3) is 0.0333. The molecule has 0 spiro atoms. The topological polar surface area (TPSA) is 63.0 Å². The zero-order chi connectivity index (χ0) is 24.5. The van der Waals surface area contributed by atoms with Gasteiger partial charge in [0.1, 0.15) is 0 Å². The lowest BCUT2D eigenvalue weighted by atomic mass is 10.0. The van der Waals surface area contributed by atoms with Crippen LogP contribution in [0.15, 0.2) is 119 Å². The van der Waals surface area contributed by atoms with Gasteiger partial charge in [-0.15, -0.1) is 0 Å². The second kappa shape index (κ2) is 9.24. The van der Waals surface area contributed by atoms with Crippen LogP contribution in [0.3, 0.4) is 0 Å². The minimum Gasteiger partial charge on any atom is -0.288 e. The molecule has 2 heterocycles. The molecule has 5 nitrogen and oxygen atoms in total. The zero-order valence-electron chi connectivity index (χ0n) is 19.6. The van der Waals surface area contributed by atoms with Crippen molar-refractivity contribution in [3.63, 3.8) is 0 Å². The minimum atomic E-state index is -0.175. The van der Waals surface area contributed by atoms with E-state index in [1.54, 1.807) is 0 Å². The predicted molar refractivity (Wildman–Crippen MR) is 149 cm³/mol. The van der Waals surface area contributed by atoms with Crippen LogP contribution in [-0.4, -0.2) is 20.5 Å². The Morgan fingerprint density at radius 1 is 0.806 bits per heavy atom. The number of aliphatic imine (C=N–C) groups is 1. The van der Waals surface area contributed by atoms with Crippen molar-refractivity contribution < 1.29 is 0 Å². The second-order valence-electron chi connectivity index (χ2n) is 8.41. The largest absolute Gasteiger partial charge is 0.288 e. The van der Waals surface area contributed by atoms with E-state index in [1.165, 1.54) is 16.0 Å². The number of H-pyrrole nitrogens is 1. The Kier molecular flexibility index (Phi) is 5.64. The van der Waals surface area contributed by atoms with Gasteiger partial charge in [-0.05, 0) is 30.7 Å². The summed E-state index contributed by atoms with van der Waals surface area (Å²) in [5.41, 5.74) is 6.40. The van der Waals surface area contributed by atoms with E-state index in [4.69, 9.17) is 9.98 Å². The van der Waals surface area contributed by atoms with Crippen LogP contribution in [0.4, 0.5) is 5.69 Å². The lowest BCUT2D eigenvalue weighted by molar-refractivity contribution is 0.845. The molecule has 0 saturated heterocycles. The van der Waals surface area contributed by atoms with Crippen LogP contribution in [0.1, 0.15) is 12.5 Å². The van der Waals surface area contributed by atoms with Gasteiger partial charge in [0, 0.05) is 11.1 Å². The Morgan fingerprint density at radius 2 is 1.44 bits per heavy atom. The third-order valence-corrected chi connectivity index (χ3v) is 7.09. The molecular weight excluding hydrogens is 464 g/mol. The first-order chi connectivity index (χ1) is 17.7. The Labute approximate surface area is 212 Å². The van der Waals surface area contributed by atoms with Crippen LogP contribution in [-0.2, 0) is 0 Å². The number of aromatic amines is 1. The van der Waals surface area contributed by atoms with Crippen LogP contribution in [0.25, 0.3) is 37.7 Å². The third kappa shape index (κ3) is 3.97. The minimum absolute atomic E-state index is 0.175. The molecule has 6 aromatic rings. The average molecular weight is 487 g/mol. The Hall–Kier alpha value is -4.55. The highest BCUT2D eigenvalue weighted by atomic mass is 32.1. The van der Waals surface area contributed by atoms with Crippen molar-refractivity contribution in [2.24, 2.45) is 4.99 Å². The van der Waals surface area contributed by atoms with Gasteiger partial charge in [-0.3, -0.25) is 14.9 Å². The van der Waals surface area contributed by atoms with E-state index in [0.29, 0.717) is 16.4 Å². The molecule has 0 aliphatic carbocycles. The molecule has 36 heavy (non-hydrogen) atoms. The standard InChI is InChI=1S/C30H22N4OS/c1-20(31-24-17-9-8-16-23(24)21-12-4-2-5-13-21)27-28(22-14-6-3-7-15-22)33-34(29(27)35)30-32-25-18-10-11-19-26(25)36-30/h2-19,33H,1H3. The van der Waals surface area contributed by atoms with Gasteiger partial charge in [0.05, 0.1) is 32.9 Å². The summed E-state index contributed by atoms with van der Waals surface area (Å²) in [4.78, 5) is 23.5. The van der Waals surface area contributed by atoms with E-state index in [9.17, 15) is 4.79 Å². The summed E-state index contributed by atoms with van der Waals surface area (Å²) in [5, 5.41) is 3.93. The van der Waals surface area contributed by atoms with Crippen LogP contribution < -0.4 is 5.56 Å². The Balaban J connectivity index is 1.54. The summed E-state index contributed by atoms with van der Waals surface area (Å²) >= 11 is 1.48. The number of nitrogens with one attached hydrogen (secondary N) is 1. The SMILES string of the molecule is CC(=Nc1ccccc1-c1ccccc1)c1c(-c2ccccc2)[nH]n(-c2nc3ccccc3s2)c1=O. The van der Waals surface area contributed by atoms with Crippen LogP contribution >= 0.6 is 11.3 Å². The predicted octanol–water partition coefficient (Wildman–Crippen LogP) is 7.25. The summed E-state index contributed by atoms with van der Waals surface area (Å²) in [7, 11) is 0. The normalized spacial score (nSPS) is 11.8. The van der Waals surface area contributed by atoms with E-state index in [2.05, 4.69) is 23.3 Å². The maximum Gasteiger partial charge on any atom is 0.283 e. The molecule has 4 aromatic carbocycles. The monoisotopic (exact) mass is 486 g/mol. The van der Waals surface area contributed by atoms with Gasteiger partial charge >= 0.3 is 0 Å². The quantitative estimate of drug-likeness (QED) is 0.261. The van der Waals surface area contributed by atoms with Crippen molar-refractivity contribution in [3.05, 3.63) is 125 Å². The number of rotatable bonds is 5. The molecule has 0 aliphatic heterocycles. The first-order valence-electron chi connectivity index (χ1n) is 11.7. The molecule has 6 rings (SSSR count).